The maximum absolute atomic E-state index is 12.9. The Hall–Kier alpha value is -3.67. The molecule has 26 heavy (non-hydrogen) atoms. The fourth-order valence-electron chi connectivity index (χ4n) is 3.01. The molecular weight excluding hydrogens is 328 g/mol. The van der Waals surface area contributed by atoms with Gasteiger partial charge in [-0.3, -0.25) is 9.78 Å². The number of carbonyl (C=O) groups excluding carboxylic acids is 1. The molecule has 4 rings (SSSR count). The summed E-state index contributed by atoms with van der Waals surface area (Å²) in [5, 5.41) is 13.2. The zero-order valence-corrected chi connectivity index (χ0v) is 13.8. The van der Waals surface area contributed by atoms with Crippen molar-refractivity contribution < 1.29 is 9.90 Å². The molecule has 0 radical (unpaired) electrons. The van der Waals surface area contributed by atoms with Gasteiger partial charge in [0, 0.05) is 23.6 Å². The fourth-order valence-corrected chi connectivity index (χ4v) is 3.01. The number of benzene rings is 2. The van der Waals surface area contributed by atoms with Crippen LogP contribution in [0.4, 0.5) is 17.2 Å². The largest absolute Gasteiger partial charge is 0.507 e. The highest BCUT2D eigenvalue weighted by Crippen LogP contribution is 2.38. The third kappa shape index (κ3) is 2.88. The van der Waals surface area contributed by atoms with E-state index in [2.05, 4.69) is 15.3 Å². The average molecular weight is 344 g/mol. The quantitative estimate of drug-likeness (QED) is 0.760. The fraction of sp³-hybridized carbons (Fsp3) is 0.0500. The Morgan fingerprint density at radius 3 is 2.58 bits per heavy atom. The second-order valence-electron chi connectivity index (χ2n) is 5.80. The summed E-state index contributed by atoms with van der Waals surface area (Å²) in [6.07, 6.45) is 6.06. The van der Waals surface area contributed by atoms with Gasteiger partial charge in [-0.1, -0.05) is 30.3 Å². The van der Waals surface area contributed by atoms with Crippen LogP contribution in [0, 0.1) is 0 Å². The summed E-state index contributed by atoms with van der Waals surface area (Å²) >= 11 is 0. The second kappa shape index (κ2) is 6.68. The third-order valence-electron chi connectivity index (χ3n) is 4.15. The molecule has 1 unspecified atom stereocenters. The van der Waals surface area contributed by atoms with E-state index in [1.165, 1.54) is 18.6 Å². The molecule has 0 bridgehead atoms. The van der Waals surface area contributed by atoms with Crippen LogP contribution < -0.4 is 10.2 Å². The molecule has 0 saturated carbocycles. The molecule has 1 aliphatic rings. The number of hydrogen-bond acceptors (Lipinski definition) is 5. The van der Waals surface area contributed by atoms with Gasteiger partial charge in [0.15, 0.2) is 5.82 Å². The summed E-state index contributed by atoms with van der Waals surface area (Å²) in [5.41, 5.74) is 2.29. The SMILES string of the molecule is O=C(Nc1cnccn1)C1C=C(O)c2ccccc2N1c1ccccc1. The molecule has 1 aromatic heterocycles. The van der Waals surface area contributed by atoms with Crippen molar-refractivity contribution in [1.29, 1.82) is 0 Å². The van der Waals surface area contributed by atoms with Gasteiger partial charge >= 0.3 is 0 Å². The standard InChI is InChI=1S/C20H16N4O2/c25-18-12-17(20(26)23-19-13-21-10-11-22-19)24(14-6-2-1-3-7-14)16-9-5-4-8-15(16)18/h1-13,17,25H,(H,22,23,26). The molecule has 6 heteroatoms. The molecule has 2 heterocycles. The van der Waals surface area contributed by atoms with Crippen molar-refractivity contribution in [3.05, 3.63) is 84.8 Å². The lowest BCUT2D eigenvalue weighted by molar-refractivity contribution is -0.116. The molecule has 1 amide bonds. The van der Waals surface area contributed by atoms with E-state index in [4.69, 9.17) is 0 Å². The van der Waals surface area contributed by atoms with Crippen LogP contribution in [0.5, 0.6) is 0 Å². The first-order valence-electron chi connectivity index (χ1n) is 8.15. The zero-order chi connectivity index (χ0) is 17.9. The topological polar surface area (TPSA) is 78.3 Å². The molecule has 3 aromatic rings. The molecule has 0 spiro atoms. The first-order chi connectivity index (χ1) is 12.7. The van der Waals surface area contributed by atoms with Gasteiger partial charge in [-0.2, -0.15) is 0 Å². The van der Waals surface area contributed by atoms with Crippen molar-refractivity contribution in [3.8, 4) is 0 Å². The molecule has 2 aromatic carbocycles. The number of nitrogens with one attached hydrogen (secondary N) is 1. The van der Waals surface area contributed by atoms with Crippen LogP contribution in [-0.4, -0.2) is 27.0 Å². The number of anilines is 3. The zero-order valence-electron chi connectivity index (χ0n) is 13.8. The number of carbonyl (C=O) groups is 1. The van der Waals surface area contributed by atoms with Gasteiger partial charge in [0.25, 0.3) is 5.91 Å². The molecule has 1 aliphatic heterocycles. The Morgan fingerprint density at radius 1 is 1.04 bits per heavy atom. The third-order valence-corrected chi connectivity index (χ3v) is 4.15. The number of fused-ring (bicyclic) bond motifs is 1. The van der Waals surface area contributed by atoms with Crippen LogP contribution in [0.2, 0.25) is 0 Å². The number of nitrogens with zero attached hydrogens (tertiary/aromatic N) is 3. The summed E-state index contributed by atoms with van der Waals surface area (Å²) in [6.45, 7) is 0. The van der Waals surface area contributed by atoms with E-state index in [1.807, 2.05) is 59.5 Å². The van der Waals surface area contributed by atoms with E-state index in [0.717, 1.165) is 11.4 Å². The number of para-hydroxylation sites is 2. The Bertz CT molecular complexity index is 958. The van der Waals surface area contributed by atoms with Crippen LogP contribution in [-0.2, 0) is 4.79 Å². The normalized spacial score (nSPS) is 15.8. The Balaban J connectivity index is 1.77. The minimum Gasteiger partial charge on any atom is -0.507 e. The van der Waals surface area contributed by atoms with E-state index < -0.39 is 6.04 Å². The molecule has 2 N–H and O–H groups in total. The Morgan fingerprint density at radius 2 is 1.81 bits per heavy atom. The summed E-state index contributed by atoms with van der Waals surface area (Å²) < 4.78 is 0. The number of aromatic nitrogens is 2. The lowest BCUT2D eigenvalue weighted by Gasteiger charge is -2.35. The van der Waals surface area contributed by atoms with Gasteiger partial charge < -0.3 is 15.3 Å². The molecule has 1 atom stereocenters. The highest BCUT2D eigenvalue weighted by Gasteiger charge is 2.32. The Labute approximate surface area is 150 Å². The van der Waals surface area contributed by atoms with Gasteiger partial charge in [-0.15, -0.1) is 0 Å². The van der Waals surface area contributed by atoms with Crippen molar-refractivity contribution in [2.24, 2.45) is 0 Å². The first-order valence-corrected chi connectivity index (χ1v) is 8.15. The monoisotopic (exact) mass is 344 g/mol. The van der Waals surface area contributed by atoms with Gasteiger partial charge in [0.1, 0.15) is 11.8 Å². The van der Waals surface area contributed by atoms with Gasteiger partial charge in [-0.05, 0) is 30.3 Å². The maximum Gasteiger partial charge on any atom is 0.252 e. The van der Waals surface area contributed by atoms with Crippen molar-refractivity contribution in [2.45, 2.75) is 6.04 Å². The summed E-state index contributed by atoms with van der Waals surface area (Å²) in [4.78, 5) is 22.9. The highest BCUT2D eigenvalue weighted by molar-refractivity contribution is 6.02. The summed E-state index contributed by atoms with van der Waals surface area (Å²) in [6, 6.07) is 16.3. The predicted octanol–water partition coefficient (Wildman–Crippen LogP) is 3.53. The van der Waals surface area contributed by atoms with E-state index >= 15 is 0 Å². The van der Waals surface area contributed by atoms with E-state index in [0.29, 0.717) is 11.4 Å². The lowest BCUT2D eigenvalue weighted by Crippen LogP contribution is -2.42. The maximum atomic E-state index is 12.9. The van der Waals surface area contributed by atoms with Crippen molar-refractivity contribution in [1.82, 2.24) is 9.97 Å². The lowest BCUT2D eigenvalue weighted by atomic mass is 9.99. The number of aliphatic hydroxyl groups is 1. The van der Waals surface area contributed by atoms with Crippen LogP contribution in [0.25, 0.3) is 5.76 Å². The molecule has 6 nitrogen and oxygen atoms in total. The number of rotatable bonds is 3. The van der Waals surface area contributed by atoms with Crippen LogP contribution in [0.3, 0.4) is 0 Å². The molecule has 0 aliphatic carbocycles. The van der Waals surface area contributed by atoms with E-state index in [1.54, 1.807) is 6.08 Å². The van der Waals surface area contributed by atoms with Gasteiger partial charge in [0.2, 0.25) is 0 Å². The smallest absolute Gasteiger partial charge is 0.252 e. The van der Waals surface area contributed by atoms with Crippen molar-refractivity contribution in [2.75, 3.05) is 10.2 Å². The highest BCUT2D eigenvalue weighted by atomic mass is 16.3. The van der Waals surface area contributed by atoms with Crippen LogP contribution in [0.1, 0.15) is 5.56 Å². The molecule has 0 fully saturated rings. The summed E-state index contributed by atoms with van der Waals surface area (Å²) in [5.74, 6) is 0.125. The predicted molar refractivity (Wildman–Crippen MR) is 100 cm³/mol. The Kier molecular flexibility index (Phi) is 4.07. The second-order valence-corrected chi connectivity index (χ2v) is 5.80. The first kappa shape index (κ1) is 15.8. The van der Waals surface area contributed by atoms with Crippen LogP contribution in [0.15, 0.2) is 79.3 Å². The van der Waals surface area contributed by atoms with E-state index in [-0.39, 0.29) is 11.7 Å². The molecule has 0 saturated heterocycles. The van der Waals surface area contributed by atoms with Crippen molar-refractivity contribution >= 4 is 28.9 Å². The number of hydrogen-bond donors (Lipinski definition) is 2. The number of amides is 1. The van der Waals surface area contributed by atoms with Crippen molar-refractivity contribution in [3.63, 3.8) is 0 Å². The van der Waals surface area contributed by atoms with Gasteiger partial charge in [0.05, 0.1) is 11.9 Å². The van der Waals surface area contributed by atoms with Gasteiger partial charge in [-0.25, -0.2) is 4.98 Å². The minimum absolute atomic E-state index is 0.0760. The molecular formula is C20H16N4O2. The summed E-state index contributed by atoms with van der Waals surface area (Å²) in [7, 11) is 0. The number of aliphatic hydroxyl groups excluding tert-OH is 1. The minimum atomic E-state index is -0.727. The van der Waals surface area contributed by atoms with Crippen LogP contribution >= 0.6 is 0 Å². The van der Waals surface area contributed by atoms with E-state index in [9.17, 15) is 9.90 Å². The molecule has 128 valence electrons. The average Bonchev–Trinajstić information content (AvgIpc) is 2.69.